The maximum absolute atomic E-state index is 12.0. The number of rotatable bonds is 3. The normalized spacial score (nSPS) is 11.9. The highest BCUT2D eigenvalue weighted by Gasteiger charge is 2.26. The Kier molecular flexibility index (Phi) is 2.92. The van der Waals surface area contributed by atoms with Crippen molar-refractivity contribution in [3.05, 3.63) is 35.6 Å². The smallest absolute Gasteiger partial charge is 0.389 e. The number of hydrogen-bond donors (Lipinski definition) is 0. The Labute approximate surface area is 95.0 Å². The summed E-state index contributed by atoms with van der Waals surface area (Å²) in [5.74, 6) is 0.174. The number of fused-ring (bicyclic) bond motifs is 1. The van der Waals surface area contributed by atoms with E-state index in [1.807, 2.05) is 0 Å². The predicted octanol–water partition coefficient (Wildman–Crippen LogP) is 3.74. The molecule has 2 aromatic rings. The second kappa shape index (κ2) is 4.24. The van der Waals surface area contributed by atoms with Crippen LogP contribution in [0.4, 0.5) is 13.2 Å². The molecule has 0 atom stereocenters. The van der Waals surface area contributed by atoms with Crippen molar-refractivity contribution in [2.45, 2.75) is 19.0 Å². The van der Waals surface area contributed by atoms with Crippen molar-refractivity contribution in [2.75, 3.05) is 0 Å². The molecule has 90 valence electrons. The number of furan rings is 1. The van der Waals surface area contributed by atoms with Gasteiger partial charge >= 0.3 is 6.18 Å². The maximum atomic E-state index is 12.0. The van der Waals surface area contributed by atoms with Gasteiger partial charge < -0.3 is 4.42 Å². The number of halogens is 3. The van der Waals surface area contributed by atoms with Gasteiger partial charge in [0, 0.05) is 11.8 Å². The van der Waals surface area contributed by atoms with Crippen LogP contribution in [0.3, 0.4) is 0 Å². The van der Waals surface area contributed by atoms with Crippen molar-refractivity contribution in [1.29, 1.82) is 0 Å². The van der Waals surface area contributed by atoms with Gasteiger partial charge in [-0.25, -0.2) is 0 Å². The molecule has 0 saturated carbocycles. The number of alkyl halides is 3. The van der Waals surface area contributed by atoms with Crippen molar-refractivity contribution < 1.29 is 22.4 Å². The van der Waals surface area contributed by atoms with E-state index in [4.69, 9.17) is 4.42 Å². The topological polar surface area (TPSA) is 30.2 Å². The monoisotopic (exact) mass is 242 g/mol. The van der Waals surface area contributed by atoms with E-state index in [-0.39, 0.29) is 12.2 Å². The average Bonchev–Trinajstić information content (AvgIpc) is 2.67. The molecule has 0 fully saturated rings. The summed E-state index contributed by atoms with van der Waals surface area (Å²) in [6.45, 7) is 0. The van der Waals surface area contributed by atoms with Crippen molar-refractivity contribution in [3.8, 4) is 0 Å². The molecule has 0 aliphatic carbocycles. The first-order chi connectivity index (χ1) is 7.98. The fourth-order valence-electron chi connectivity index (χ4n) is 1.60. The molecule has 0 saturated heterocycles. The number of hydrogen-bond acceptors (Lipinski definition) is 2. The first kappa shape index (κ1) is 11.7. The third kappa shape index (κ3) is 2.87. The Morgan fingerprint density at radius 3 is 2.65 bits per heavy atom. The van der Waals surface area contributed by atoms with E-state index >= 15 is 0 Å². The van der Waals surface area contributed by atoms with Crippen LogP contribution in [-0.4, -0.2) is 12.5 Å². The highest BCUT2D eigenvalue weighted by atomic mass is 19.4. The quantitative estimate of drug-likeness (QED) is 0.767. The highest BCUT2D eigenvalue weighted by Crippen LogP contribution is 2.25. The minimum atomic E-state index is -4.16. The molecule has 0 aliphatic rings. The average molecular weight is 242 g/mol. The van der Waals surface area contributed by atoms with E-state index in [9.17, 15) is 18.0 Å². The van der Waals surface area contributed by atoms with Crippen LogP contribution in [0.25, 0.3) is 11.0 Å². The predicted molar refractivity (Wildman–Crippen MR) is 56.0 cm³/mol. The molecule has 17 heavy (non-hydrogen) atoms. The van der Waals surface area contributed by atoms with E-state index in [1.165, 1.54) is 6.07 Å². The van der Waals surface area contributed by atoms with Gasteiger partial charge in [0.25, 0.3) is 0 Å². The summed E-state index contributed by atoms with van der Waals surface area (Å²) in [7, 11) is 0. The van der Waals surface area contributed by atoms with Crippen LogP contribution in [-0.2, 0) is 6.42 Å². The van der Waals surface area contributed by atoms with Crippen LogP contribution in [0, 0.1) is 0 Å². The molecule has 1 heterocycles. The van der Waals surface area contributed by atoms with Gasteiger partial charge in [-0.3, -0.25) is 4.79 Å². The Bertz CT molecular complexity index is 540. The van der Waals surface area contributed by atoms with E-state index in [1.54, 1.807) is 18.2 Å². The number of aryl methyl sites for hydroxylation is 1. The second-order valence-corrected chi connectivity index (χ2v) is 3.75. The van der Waals surface area contributed by atoms with Crippen molar-refractivity contribution >= 4 is 17.3 Å². The van der Waals surface area contributed by atoms with Gasteiger partial charge in [-0.15, -0.1) is 0 Å². The van der Waals surface area contributed by atoms with Gasteiger partial charge in [0.05, 0.1) is 0 Å². The summed E-state index contributed by atoms with van der Waals surface area (Å²) in [6.07, 6.45) is -4.54. The van der Waals surface area contributed by atoms with E-state index < -0.39 is 12.6 Å². The third-order valence-electron chi connectivity index (χ3n) is 2.42. The van der Waals surface area contributed by atoms with Crippen LogP contribution >= 0.6 is 0 Å². The van der Waals surface area contributed by atoms with E-state index in [2.05, 4.69) is 0 Å². The molecule has 1 aromatic carbocycles. The maximum Gasteiger partial charge on any atom is 0.389 e. The van der Waals surface area contributed by atoms with Crippen molar-refractivity contribution in [3.63, 3.8) is 0 Å². The van der Waals surface area contributed by atoms with Crippen LogP contribution < -0.4 is 0 Å². The molecule has 0 aliphatic heterocycles. The first-order valence-corrected chi connectivity index (χ1v) is 5.02. The van der Waals surface area contributed by atoms with E-state index in [0.717, 1.165) is 0 Å². The molecule has 2 rings (SSSR count). The summed E-state index contributed by atoms with van der Waals surface area (Å²) < 4.78 is 41.3. The van der Waals surface area contributed by atoms with Crippen molar-refractivity contribution in [2.24, 2.45) is 0 Å². The lowest BCUT2D eigenvalue weighted by molar-refractivity contribution is -0.133. The van der Waals surface area contributed by atoms with Gasteiger partial charge in [0.15, 0.2) is 12.0 Å². The van der Waals surface area contributed by atoms with Gasteiger partial charge in [0.1, 0.15) is 5.58 Å². The number of benzene rings is 1. The van der Waals surface area contributed by atoms with Gasteiger partial charge in [-0.2, -0.15) is 13.2 Å². The minimum absolute atomic E-state index is 0.0867. The van der Waals surface area contributed by atoms with Gasteiger partial charge in [0.2, 0.25) is 0 Å². The summed E-state index contributed by atoms with van der Waals surface area (Å²) in [6, 6.07) is 6.35. The highest BCUT2D eigenvalue weighted by molar-refractivity contribution is 5.85. The Balaban J connectivity index is 2.22. The molecule has 0 spiro atoms. The van der Waals surface area contributed by atoms with Crippen molar-refractivity contribution in [1.82, 2.24) is 0 Å². The zero-order chi connectivity index (χ0) is 12.5. The van der Waals surface area contributed by atoms with E-state index in [0.29, 0.717) is 22.8 Å². The molecule has 0 radical (unpaired) electrons. The molecule has 0 N–H and O–H groups in total. The zero-order valence-electron chi connectivity index (χ0n) is 8.75. The Morgan fingerprint density at radius 1 is 1.24 bits per heavy atom. The summed E-state index contributed by atoms with van der Waals surface area (Å²) in [4.78, 5) is 10.5. The SMILES string of the molecule is O=Cc1cc2ccc(CCC(F)(F)F)cc2o1. The molecule has 2 nitrogen and oxygen atoms in total. The molecular weight excluding hydrogens is 233 g/mol. The largest absolute Gasteiger partial charge is 0.453 e. The number of aldehydes is 1. The third-order valence-corrected chi connectivity index (χ3v) is 2.42. The lowest BCUT2D eigenvalue weighted by Crippen LogP contribution is -2.08. The van der Waals surface area contributed by atoms with Crippen LogP contribution in [0.2, 0.25) is 0 Å². The van der Waals surface area contributed by atoms with Gasteiger partial charge in [-0.1, -0.05) is 12.1 Å². The Morgan fingerprint density at radius 2 is 2.00 bits per heavy atom. The Hall–Kier alpha value is -1.78. The fraction of sp³-hybridized carbons (Fsp3) is 0.250. The molecule has 0 unspecified atom stereocenters. The zero-order valence-corrected chi connectivity index (χ0v) is 8.75. The lowest BCUT2D eigenvalue weighted by Gasteiger charge is -2.05. The molecular formula is C12H9F3O2. The number of carbonyl (C=O) groups excluding carboxylic acids is 1. The second-order valence-electron chi connectivity index (χ2n) is 3.75. The molecule has 0 bridgehead atoms. The summed E-state index contributed by atoms with van der Waals surface area (Å²) in [5, 5.41) is 0.711. The summed E-state index contributed by atoms with van der Waals surface area (Å²) >= 11 is 0. The lowest BCUT2D eigenvalue weighted by atomic mass is 10.1. The van der Waals surface area contributed by atoms with Crippen LogP contribution in [0.15, 0.2) is 28.7 Å². The molecule has 5 heteroatoms. The van der Waals surface area contributed by atoms with Gasteiger partial charge in [-0.05, 0) is 24.1 Å². The van der Waals surface area contributed by atoms with Crippen LogP contribution in [0.5, 0.6) is 0 Å². The minimum Gasteiger partial charge on any atom is -0.453 e. The number of carbonyl (C=O) groups is 1. The molecule has 1 aromatic heterocycles. The molecule has 0 amide bonds. The van der Waals surface area contributed by atoms with Crippen LogP contribution in [0.1, 0.15) is 22.5 Å². The fourth-order valence-corrected chi connectivity index (χ4v) is 1.60. The summed E-state index contributed by atoms with van der Waals surface area (Å²) in [5.41, 5.74) is 0.980. The standard InChI is InChI=1S/C12H9F3O2/c13-12(14,15)4-3-8-1-2-9-6-10(7-16)17-11(9)5-8/h1-2,5-7H,3-4H2. The first-order valence-electron chi connectivity index (χ1n) is 5.02.